The monoisotopic (exact) mass is 478 g/mol. The second-order valence-electron chi connectivity index (χ2n) is 6.19. The second-order valence-corrected chi connectivity index (χ2v) is 8.94. The van der Waals surface area contributed by atoms with Crippen molar-refractivity contribution in [3.63, 3.8) is 0 Å². The first-order valence-electron chi connectivity index (χ1n) is 8.79. The maximum absolute atomic E-state index is 12.5. The summed E-state index contributed by atoms with van der Waals surface area (Å²) in [4.78, 5) is 32.6. The van der Waals surface area contributed by atoms with Gasteiger partial charge >= 0.3 is 0 Å². The molecule has 0 aliphatic carbocycles. The number of amides is 1. The summed E-state index contributed by atoms with van der Waals surface area (Å²) < 4.78 is 27.3. The lowest BCUT2D eigenvalue weighted by molar-refractivity contribution is -0.394. The number of nitrogens with one attached hydrogen (secondary N) is 2. The number of anilines is 2. The lowest BCUT2D eigenvalue weighted by Crippen LogP contribution is -2.14. The molecule has 1 heterocycles. The summed E-state index contributed by atoms with van der Waals surface area (Å²) in [6.45, 7) is 1.86. The summed E-state index contributed by atoms with van der Waals surface area (Å²) >= 11 is 1.10. The van der Waals surface area contributed by atoms with Crippen molar-refractivity contribution < 1.29 is 23.1 Å². The van der Waals surface area contributed by atoms with Crippen LogP contribution in [-0.2, 0) is 16.4 Å². The van der Waals surface area contributed by atoms with E-state index in [1.54, 1.807) is 0 Å². The van der Waals surface area contributed by atoms with E-state index in [9.17, 15) is 33.4 Å². The van der Waals surface area contributed by atoms with Crippen LogP contribution >= 0.6 is 11.3 Å². The standard InChI is InChI=1S/C17H14N6O7S2/c1-2-15-19-20-17(31-15)21-32(29,30)14-5-3-11(4-6-14)18-16(24)10-7-12(22(25)26)9-13(8-10)23(27)28/h3-9H,2H2,1H3,(H,18,24)(H,20,21). The Balaban J connectivity index is 1.77. The summed E-state index contributed by atoms with van der Waals surface area (Å²) in [6.07, 6.45) is 0.613. The molecule has 2 N–H and O–H groups in total. The molecule has 0 aliphatic heterocycles. The molecule has 166 valence electrons. The molecule has 13 nitrogen and oxygen atoms in total. The molecule has 0 fully saturated rings. The number of hydrogen-bond acceptors (Lipinski definition) is 10. The topological polar surface area (TPSA) is 187 Å². The summed E-state index contributed by atoms with van der Waals surface area (Å²) in [5.74, 6) is -0.841. The molecule has 2 aromatic carbocycles. The zero-order chi connectivity index (χ0) is 23.5. The van der Waals surface area contributed by atoms with E-state index >= 15 is 0 Å². The predicted molar refractivity (Wildman–Crippen MR) is 114 cm³/mol. The van der Waals surface area contributed by atoms with E-state index in [0.29, 0.717) is 11.4 Å². The highest BCUT2D eigenvalue weighted by Crippen LogP contribution is 2.24. The Hall–Kier alpha value is -3.98. The first-order valence-corrected chi connectivity index (χ1v) is 11.1. The normalized spacial score (nSPS) is 11.0. The van der Waals surface area contributed by atoms with Gasteiger partial charge in [-0.2, -0.15) is 0 Å². The molecular formula is C17H14N6O7S2. The van der Waals surface area contributed by atoms with Crippen molar-refractivity contribution in [2.75, 3.05) is 10.0 Å². The molecule has 1 amide bonds. The molecule has 0 spiro atoms. The smallest absolute Gasteiger partial charge is 0.277 e. The van der Waals surface area contributed by atoms with Gasteiger partial charge in [-0.05, 0) is 30.7 Å². The summed E-state index contributed by atoms with van der Waals surface area (Å²) in [7, 11) is -3.94. The first-order chi connectivity index (χ1) is 15.1. The maximum Gasteiger partial charge on any atom is 0.277 e. The number of nitro groups is 2. The van der Waals surface area contributed by atoms with Crippen molar-refractivity contribution in [1.82, 2.24) is 10.2 Å². The predicted octanol–water partition coefficient (Wildman–Crippen LogP) is 2.97. The van der Waals surface area contributed by atoms with Crippen LogP contribution in [0.15, 0.2) is 47.4 Å². The van der Waals surface area contributed by atoms with Crippen LogP contribution in [0.25, 0.3) is 0 Å². The Bertz CT molecular complexity index is 1270. The Labute approximate surface area is 184 Å². The first kappa shape index (κ1) is 22.7. The number of hydrogen-bond donors (Lipinski definition) is 2. The van der Waals surface area contributed by atoms with Gasteiger partial charge in [0.1, 0.15) is 5.01 Å². The maximum atomic E-state index is 12.5. The lowest BCUT2D eigenvalue weighted by atomic mass is 10.1. The third-order valence-electron chi connectivity index (χ3n) is 4.00. The van der Waals surface area contributed by atoms with Crippen LogP contribution < -0.4 is 10.0 Å². The van der Waals surface area contributed by atoms with E-state index in [1.807, 2.05) is 6.92 Å². The van der Waals surface area contributed by atoms with Crippen molar-refractivity contribution in [1.29, 1.82) is 0 Å². The van der Waals surface area contributed by atoms with Crippen molar-refractivity contribution in [2.45, 2.75) is 18.2 Å². The quantitative estimate of drug-likeness (QED) is 0.362. The number of aryl methyl sites for hydroxylation is 1. The van der Waals surface area contributed by atoms with Gasteiger partial charge in [0, 0.05) is 17.8 Å². The van der Waals surface area contributed by atoms with Crippen LogP contribution in [0.5, 0.6) is 0 Å². The molecule has 0 atom stereocenters. The molecule has 0 bridgehead atoms. The van der Waals surface area contributed by atoms with Crippen LogP contribution in [0.2, 0.25) is 0 Å². The van der Waals surface area contributed by atoms with Crippen LogP contribution in [0.3, 0.4) is 0 Å². The Kier molecular flexibility index (Phi) is 6.40. The van der Waals surface area contributed by atoms with Gasteiger partial charge in [0.05, 0.1) is 26.4 Å². The van der Waals surface area contributed by atoms with Gasteiger partial charge in [-0.3, -0.25) is 29.7 Å². The number of carbonyl (C=O) groups is 1. The zero-order valence-electron chi connectivity index (χ0n) is 16.2. The fraction of sp³-hybridized carbons (Fsp3) is 0.118. The summed E-state index contributed by atoms with van der Waals surface area (Å²) in [5, 5.41) is 32.7. The molecule has 0 aliphatic rings. The van der Waals surface area contributed by atoms with Gasteiger partial charge in [-0.1, -0.05) is 18.3 Å². The zero-order valence-corrected chi connectivity index (χ0v) is 17.8. The van der Waals surface area contributed by atoms with E-state index in [0.717, 1.165) is 29.5 Å². The number of nitro benzene ring substituents is 2. The van der Waals surface area contributed by atoms with Crippen LogP contribution in [-0.4, -0.2) is 34.4 Å². The molecule has 0 saturated carbocycles. The van der Waals surface area contributed by atoms with Gasteiger partial charge in [-0.25, -0.2) is 8.42 Å². The number of nitrogens with zero attached hydrogens (tertiary/aromatic N) is 4. The van der Waals surface area contributed by atoms with E-state index in [-0.39, 0.29) is 21.3 Å². The summed E-state index contributed by atoms with van der Waals surface area (Å²) in [5.41, 5.74) is -1.35. The summed E-state index contributed by atoms with van der Waals surface area (Å²) in [6, 6.07) is 7.61. The Morgan fingerprint density at radius 1 is 1.03 bits per heavy atom. The number of rotatable bonds is 8. The molecule has 3 aromatic rings. The Morgan fingerprint density at radius 2 is 1.62 bits per heavy atom. The van der Waals surface area contributed by atoms with Crippen LogP contribution in [0, 0.1) is 20.2 Å². The third kappa shape index (κ3) is 5.19. The van der Waals surface area contributed by atoms with Gasteiger partial charge in [0.25, 0.3) is 27.3 Å². The molecule has 32 heavy (non-hydrogen) atoms. The number of benzene rings is 2. The van der Waals surface area contributed by atoms with Gasteiger partial charge < -0.3 is 5.32 Å². The van der Waals surface area contributed by atoms with E-state index < -0.39 is 37.2 Å². The van der Waals surface area contributed by atoms with Crippen molar-refractivity contribution in [3.05, 3.63) is 73.3 Å². The highest BCUT2D eigenvalue weighted by atomic mass is 32.2. The third-order valence-corrected chi connectivity index (χ3v) is 6.47. The molecule has 15 heteroatoms. The Morgan fingerprint density at radius 3 is 2.12 bits per heavy atom. The minimum absolute atomic E-state index is 0.102. The lowest BCUT2D eigenvalue weighted by Gasteiger charge is -2.08. The van der Waals surface area contributed by atoms with Crippen LogP contribution in [0.4, 0.5) is 22.2 Å². The molecular weight excluding hydrogens is 464 g/mol. The fourth-order valence-electron chi connectivity index (χ4n) is 2.47. The van der Waals surface area contributed by atoms with E-state index in [2.05, 4.69) is 20.2 Å². The number of carbonyl (C=O) groups excluding carboxylic acids is 1. The van der Waals surface area contributed by atoms with Crippen molar-refractivity contribution >= 4 is 49.5 Å². The number of aromatic nitrogens is 2. The highest BCUT2D eigenvalue weighted by molar-refractivity contribution is 7.93. The van der Waals surface area contributed by atoms with Gasteiger partial charge in [0.2, 0.25) is 5.13 Å². The second kappa shape index (κ2) is 9.03. The molecule has 3 rings (SSSR count). The molecule has 0 unspecified atom stereocenters. The number of non-ortho nitro benzene ring substituents is 2. The highest BCUT2D eigenvalue weighted by Gasteiger charge is 2.21. The van der Waals surface area contributed by atoms with Gasteiger partial charge in [0.15, 0.2) is 0 Å². The SMILES string of the molecule is CCc1nnc(NS(=O)(=O)c2ccc(NC(=O)c3cc([N+](=O)[O-])cc([N+](=O)[O-])c3)cc2)s1. The minimum atomic E-state index is -3.94. The van der Waals surface area contributed by atoms with Crippen LogP contribution in [0.1, 0.15) is 22.3 Å². The average molecular weight is 478 g/mol. The average Bonchev–Trinajstić information content (AvgIpc) is 3.20. The minimum Gasteiger partial charge on any atom is -0.322 e. The van der Waals surface area contributed by atoms with E-state index in [1.165, 1.54) is 24.3 Å². The van der Waals surface area contributed by atoms with E-state index in [4.69, 9.17) is 0 Å². The molecule has 0 saturated heterocycles. The molecule has 0 radical (unpaired) electrons. The number of sulfonamides is 1. The fourth-order valence-corrected chi connectivity index (χ4v) is 4.38. The van der Waals surface area contributed by atoms with Crippen molar-refractivity contribution in [3.8, 4) is 0 Å². The largest absolute Gasteiger partial charge is 0.322 e. The van der Waals surface area contributed by atoms with Crippen molar-refractivity contribution in [2.24, 2.45) is 0 Å². The molecule has 1 aromatic heterocycles. The van der Waals surface area contributed by atoms with Gasteiger partial charge in [-0.15, -0.1) is 10.2 Å².